The van der Waals surface area contributed by atoms with E-state index in [1.807, 2.05) is 50.4 Å². The smallest absolute Gasteiger partial charge is 0.281 e. The Bertz CT molecular complexity index is 824. The van der Waals surface area contributed by atoms with E-state index in [-0.39, 0.29) is 5.91 Å². The van der Waals surface area contributed by atoms with Gasteiger partial charge in [0.15, 0.2) is 5.11 Å². The van der Waals surface area contributed by atoms with Gasteiger partial charge in [0.25, 0.3) is 5.91 Å². The molecular formula is C19H20N2O2S2. The number of amides is 1. The Hall–Kier alpha value is -2.18. The number of rotatable bonds is 5. The number of nitrogens with zero attached hydrogens (tertiary/aromatic N) is 2. The highest BCUT2D eigenvalue weighted by atomic mass is 32.1. The van der Waals surface area contributed by atoms with Crippen LogP contribution in [0.3, 0.4) is 0 Å². The maximum Gasteiger partial charge on any atom is 0.281 e. The van der Waals surface area contributed by atoms with E-state index in [1.165, 1.54) is 4.88 Å². The van der Waals surface area contributed by atoms with E-state index in [1.54, 1.807) is 21.1 Å². The minimum absolute atomic E-state index is 0.108. The third kappa shape index (κ3) is 3.45. The second-order valence-electron chi connectivity index (χ2n) is 5.60. The molecule has 0 bridgehead atoms. The summed E-state index contributed by atoms with van der Waals surface area (Å²) >= 11 is 7.19. The van der Waals surface area contributed by atoms with Gasteiger partial charge in [-0.2, -0.15) is 0 Å². The number of aryl methyl sites for hydroxylation is 1. The average molecular weight is 373 g/mol. The van der Waals surface area contributed by atoms with Crippen LogP contribution in [0, 0.1) is 0 Å². The number of thiocarbonyl (C=S) groups is 1. The summed E-state index contributed by atoms with van der Waals surface area (Å²) in [5, 5.41) is 0.479. The highest BCUT2D eigenvalue weighted by molar-refractivity contribution is 7.80. The Kier molecular flexibility index (Phi) is 5.20. The third-order valence-corrected chi connectivity index (χ3v) is 5.61. The summed E-state index contributed by atoms with van der Waals surface area (Å²) in [7, 11) is 1.83. The van der Waals surface area contributed by atoms with Crippen molar-refractivity contribution in [1.82, 2.24) is 4.90 Å². The summed E-state index contributed by atoms with van der Waals surface area (Å²) in [4.78, 5) is 18.6. The number of carbonyl (C=O) groups excluding carboxylic acids is 1. The maximum atomic E-state index is 12.9. The molecule has 130 valence electrons. The normalized spacial score (nSPS) is 16.2. The highest BCUT2D eigenvalue weighted by Gasteiger charge is 2.36. The zero-order chi connectivity index (χ0) is 18.0. The van der Waals surface area contributed by atoms with E-state index in [4.69, 9.17) is 17.0 Å². The fraction of sp³-hybridized carbons (Fsp3) is 0.263. The van der Waals surface area contributed by atoms with Gasteiger partial charge in [-0.15, -0.1) is 11.3 Å². The van der Waals surface area contributed by atoms with Crippen molar-refractivity contribution in [3.05, 3.63) is 51.8 Å². The van der Waals surface area contributed by atoms with Crippen LogP contribution in [0.25, 0.3) is 6.08 Å². The van der Waals surface area contributed by atoms with Crippen LogP contribution in [0.2, 0.25) is 0 Å². The third-order valence-electron chi connectivity index (χ3n) is 3.98. The fourth-order valence-corrected chi connectivity index (χ4v) is 3.82. The standard InChI is InChI=1S/C19H20N2O2S2/c1-4-15-10-11-16(25-15)12-17-18(22)21(19(24)20(17)3)13-6-8-14(9-7-13)23-5-2/h6-12H,4-5H2,1-3H3. The lowest BCUT2D eigenvalue weighted by molar-refractivity contribution is -0.114. The summed E-state index contributed by atoms with van der Waals surface area (Å²) in [6.07, 6.45) is 2.90. The van der Waals surface area contributed by atoms with Crippen LogP contribution >= 0.6 is 23.6 Å². The Morgan fingerprint density at radius 2 is 1.88 bits per heavy atom. The van der Waals surface area contributed by atoms with Crippen molar-refractivity contribution >= 4 is 46.3 Å². The molecule has 1 fully saturated rings. The minimum atomic E-state index is -0.108. The van der Waals surface area contributed by atoms with Gasteiger partial charge in [0.1, 0.15) is 11.4 Å². The van der Waals surface area contributed by atoms with Crippen molar-refractivity contribution in [3.63, 3.8) is 0 Å². The molecule has 1 amide bonds. The first-order valence-electron chi connectivity index (χ1n) is 8.20. The van der Waals surface area contributed by atoms with Gasteiger partial charge in [0.2, 0.25) is 0 Å². The van der Waals surface area contributed by atoms with E-state index >= 15 is 0 Å². The molecule has 0 N–H and O–H groups in total. The van der Waals surface area contributed by atoms with E-state index in [0.29, 0.717) is 17.4 Å². The van der Waals surface area contributed by atoms with Crippen molar-refractivity contribution in [3.8, 4) is 5.75 Å². The largest absolute Gasteiger partial charge is 0.494 e. The molecule has 0 atom stereocenters. The van der Waals surface area contributed by atoms with Crippen LogP contribution in [0.4, 0.5) is 5.69 Å². The number of hydrogen-bond acceptors (Lipinski definition) is 4. The van der Waals surface area contributed by atoms with Gasteiger partial charge in [-0.25, -0.2) is 0 Å². The SMILES string of the molecule is CCOc1ccc(N2C(=O)C(=Cc3ccc(CC)s3)N(C)C2=S)cc1. The summed E-state index contributed by atoms with van der Waals surface area (Å²) in [5.41, 5.74) is 1.33. The highest BCUT2D eigenvalue weighted by Crippen LogP contribution is 2.30. The number of ether oxygens (including phenoxy) is 1. The van der Waals surface area contributed by atoms with Crippen LogP contribution in [-0.4, -0.2) is 29.6 Å². The lowest BCUT2D eigenvalue weighted by atomic mass is 10.2. The van der Waals surface area contributed by atoms with E-state index in [2.05, 4.69) is 13.0 Å². The van der Waals surface area contributed by atoms with Crippen LogP contribution in [0.5, 0.6) is 5.75 Å². The van der Waals surface area contributed by atoms with Crippen molar-refractivity contribution in [1.29, 1.82) is 0 Å². The van der Waals surface area contributed by atoms with Crippen molar-refractivity contribution in [2.75, 3.05) is 18.6 Å². The van der Waals surface area contributed by atoms with E-state index in [9.17, 15) is 4.79 Å². The Morgan fingerprint density at radius 1 is 1.16 bits per heavy atom. The molecule has 0 radical (unpaired) electrons. The van der Waals surface area contributed by atoms with Gasteiger partial charge in [-0.05, 0) is 68.0 Å². The van der Waals surface area contributed by atoms with Gasteiger partial charge < -0.3 is 9.64 Å². The number of anilines is 1. The zero-order valence-corrected chi connectivity index (χ0v) is 16.1. The second-order valence-corrected chi connectivity index (χ2v) is 7.16. The first-order chi connectivity index (χ1) is 12.0. The maximum absolute atomic E-state index is 12.9. The van der Waals surface area contributed by atoms with Crippen molar-refractivity contribution in [2.45, 2.75) is 20.3 Å². The van der Waals surface area contributed by atoms with Crippen LogP contribution < -0.4 is 9.64 Å². The molecule has 0 saturated carbocycles. The van der Waals surface area contributed by atoms with Crippen molar-refractivity contribution in [2.24, 2.45) is 0 Å². The van der Waals surface area contributed by atoms with E-state index < -0.39 is 0 Å². The minimum Gasteiger partial charge on any atom is -0.494 e. The lowest BCUT2D eigenvalue weighted by Gasteiger charge is -2.16. The first kappa shape index (κ1) is 17.6. The molecule has 0 spiro atoms. The Labute approximate surface area is 157 Å². The Morgan fingerprint density at radius 3 is 2.48 bits per heavy atom. The van der Waals surface area contributed by atoms with Crippen LogP contribution in [-0.2, 0) is 11.2 Å². The predicted octanol–water partition coefficient (Wildman–Crippen LogP) is 4.31. The number of likely N-dealkylation sites (N-methyl/N-ethyl adjacent to an activating group) is 1. The molecule has 1 aromatic carbocycles. The molecule has 3 rings (SSSR count). The molecule has 4 nitrogen and oxygen atoms in total. The Balaban J connectivity index is 1.89. The molecule has 0 aliphatic carbocycles. The fourth-order valence-electron chi connectivity index (χ4n) is 2.64. The molecule has 1 saturated heterocycles. The van der Waals surface area contributed by atoms with Gasteiger partial charge in [0, 0.05) is 16.8 Å². The molecule has 1 aliphatic heterocycles. The lowest BCUT2D eigenvalue weighted by Crippen LogP contribution is -2.31. The number of benzene rings is 1. The average Bonchev–Trinajstić information content (AvgIpc) is 3.15. The van der Waals surface area contributed by atoms with Crippen LogP contribution in [0.1, 0.15) is 23.6 Å². The number of hydrogen-bond donors (Lipinski definition) is 0. The molecule has 0 unspecified atom stereocenters. The van der Waals surface area contributed by atoms with Crippen molar-refractivity contribution < 1.29 is 9.53 Å². The number of thiophene rings is 1. The quantitative estimate of drug-likeness (QED) is 0.578. The molecule has 1 aliphatic rings. The molecule has 6 heteroatoms. The molecule has 2 heterocycles. The topological polar surface area (TPSA) is 32.8 Å². The summed E-state index contributed by atoms with van der Waals surface area (Å²) in [5.74, 6) is 0.668. The molecule has 25 heavy (non-hydrogen) atoms. The summed E-state index contributed by atoms with van der Waals surface area (Å²) in [6, 6.07) is 11.5. The van der Waals surface area contributed by atoms with E-state index in [0.717, 1.165) is 22.7 Å². The van der Waals surface area contributed by atoms with Gasteiger partial charge in [-0.3, -0.25) is 9.69 Å². The molecule has 1 aromatic heterocycles. The first-order valence-corrected chi connectivity index (χ1v) is 9.43. The van der Waals surface area contributed by atoms with Gasteiger partial charge in [0.05, 0.1) is 12.3 Å². The van der Waals surface area contributed by atoms with Gasteiger partial charge in [-0.1, -0.05) is 6.92 Å². The number of carbonyl (C=O) groups is 1. The monoisotopic (exact) mass is 372 g/mol. The molecule has 2 aromatic rings. The molecular weight excluding hydrogens is 352 g/mol. The predicted molar refractivity (Wildman–Crippen MR) is 107 cm³/mol. The second kappa shape index (κ2) is 7.37. The zero-order valence-electron chi connectivity index (χ0n) is 14.5. The summed E-state index contributed by atoms with van der Waals surface area (Å²) in [6.45, 7) is 4.67. The van der Waals surface area contributed by atoms with Gasteiger partial charge >= 0.3 is 0 Å². The van der Waals surface area contributed by atoms with Crippen LogP contribution in [0.15, 0.2) is 42.1 Å². The summed E-state index contributed by atoms with van der Waals surface area (Å²) < 4.78 is 5.45.